The van der Waals surface area contributed by atoms with Crippen LogP contribution in [0.5, 0.6) is 0 Å². The number of esters is 1. The number of ether oxygens (including phenoxy) is 1. The maximum atomic E-state index is 13.6. The van der Waals surface area contributed by atoms with E-state index in [0.29, 0.717) is 23.6 Å². The van der Waals surface area contributed by atoms with Gasteiger partial charge < -0.3 is 10.5 Å². The normalized spacial score (nSPS) is 14.9. The molecule has 0 aliphatic heterocycles. The van der Waals surface area contributed by atoms with Crippen LogP contribution in [0.4, 0.5) is 10.1 Å². The number of benzene rings is 1. The molecular formula is C12H14FNO2. The van der Waals surface area contributed by atoms with Crippen LogP contribution >= 0.6 is 0 Å². The van der Waals surface area contributed by atoms with Crippen LogP contribution in [-0.2, 0) is 11.2 Å². The van der Waals surface area contributed by atoms with Crippen molar-refractivity contribution in [3.63, 3.8) is 0 Å². The first kappa shape index (κ1) is 10.9. The molecule has 2 N–H and O–H groups in total. The average molecular weight is 223 g/mol. The molecule has 0 spiro atoms. The molecule has 1 aromatic rings. The summed E-state index contributed by atoms with van der Waals surface area (Å²) in [5.74, 6) is -0.676. The van der Waals surface area contributed by atoms with Gasteiger partial charge in [0.2, 0.25) is 0 Å². The zero-order valence-electron chi connectivity index (χ0n) is 9.13. The Hall–Kier alpha value is -1.58. The van der Waals surface area contributed by atoms with Gasteiger partial charge in [0.25, 0.3) is 0 Å². The second-order valence-corrected chi connectivity index (χ2v) is 4.13. The van der Waals surface area contributed by atoms with Gasteiger partial charge in [0.1, 0.15) is 11.4 Å². The molecule has 0 amide bonds. The summed E-state index contributed by atoms with van der Waals surface area (Å²) in [6, 6.07) is 2.71. The minimum atomic E-state index is -0.652. The first-order valence-corrected chi connectivity index (χ1v) is 5.28. The number of hydrogen-bond acceptors (Lipinski definition) is 3. The van der Waals surface area contributed by atoms with Crippen LogP contribution in [-0.4, -0.2) is 13.1 Å². The minimum Gasteiger partial charge on any atom is -0.465 e. The topological polar surface area (TPSA) is 52.3 Å². The lowest BCUT2D eigenvalue weighted by atomic mass is 9.99. The van der Waals surface area contributed by atoms with Crippen molar-refractivity contribution in [2.45, 2.75) is 19.3 Å². The average Bonchev–Trinajstić information content (AvgIpc) is 3.07. The van der Waals surface area contributed by atoms with E-state index in [9.17, 15) is 9.18 Å². The van der Waals surface area contributed by atoms with E-state index in [1.165, 1.54) is 19.2 Å². The van der Waals surface area contributed by atoms with Crippen molar-refractivity contribution in [3.8, 4) is 0 Å². The molecular weight excluding hydrogens is 209 g/mol. The molecule has 0 saturated heterocycles. The van der Waals surface area contributed by atoms with Crippen molar-refractivity contribution in [2.24, 2.45) is 5.92 Å². The van der Waals surface area contributed by atoms with Crippen molar-refractivity contribution < 1.29 is 13.9 Å². The van der Waals surface area contributed by atoms with Crippen molar-refractivity contribution in [1.82, 2.24) is 0 Å². The number of nitrogen functional groups attached to an aromatic ring is 1. The van der Waals surface area contributed by atoms with Crippen LogP contribution in [0.1, 0.15) is 28.8 Å². The highest BCUT2D eigenvalue weighted by molar-refractivity contribution is 5.93. The van der Waals surface area contributed by atoms with Crippen molar-refractivity contribution in [3.05, 3.63) is 29.1 Å². The Morgan fingerprint density at radius 3 is 2.81 bits per heavy atom. The zero-order valence-corrected chi connectivity index (χ0v) is 9.13. The Morgan fingerprint density at radius 2 is 2.25 bits per heavy atom. The molecule has 1 aliphatic carbocycles. The molecule has 1 saturated carbocycles. The van der Waals surface area contributed by atoms with Gasteiger partial charge in [-0.15, -0.1) is 0 Å². The number of nitrogens with two attached hydrogens (primary N) is 1. The number of halogens is 1. The van der Waals surface area contributed by atoms with Gasteiger partial charge in [0.05, 0.1) is 7.11 Å². The predicted octanol–water partition coefficient (Wildman–Crippen LogP) is 2.15. The van der Waals surface area contributed by atoms with E-state index in [2.05, 4.69) is 4.74 Å². The number of methoxy groups -OCH3 is 1. The van der Waals surface area contributed by atoms with Crippen molar-refractivity contribution in [2.75, 3.05) is 12.8 Å². The Balaban J connectivity index is 2.44. The summed E-state index contributed by atoms with van der Waals surface area (Å²) >= 11 is 0. The third-order valence-electron chi connectivity index (χ3n) is 2.88. The van der Waals surface area contributed by atoms with Crippen molar-refractivity contribution >= 4 is 11.7 Å². The first-order chi connectivity index (χ1) is 7.63. The standard InChI is InChI=1S/C12H14FNO2/c1-16-12(15)11-8(6-7-2-3-7)10(14)5-4-9(11)13/h4-5,7H,2-3,6,14H2,1H3. The van der Waals surface area contributed by atoms with Gasteiger partial charge in [0, 0.05) is 5.69 Å². The van der Waals surface area contributed by atoms with Crippen LogP contribution in [0.2, 0.25) is 0 Å². The molecule has 0 atom stereocenters. The monoisotopic (exact) mass is 223 g/mol. The Kier molecular flexibility index (Phi) is 2.81. The Morgan fingerprint density at radius 1 is 1.56 bits per heavy atom. The van der Waals surface area contributed by atoms with E-state index < -0.39 is 11.8 Å². The van der Waals surface area contributed by atoms with E-state index in [4.69, 9.17) is 5.73 Å². The second-order valence-electron chi connectivity index (χ2n) is 4.13. The zero-order chi connectivity index (χ0) is 11.7. The number of rotatable bonds is 3. The minimum absolute atomic E-state index is 0.00519. The van der Waals surface area contributed by atoms with E-state index in [0.717, 1.165) is 12.8 Å². The van der Waals surface area contributed by atoms with Gasteiger partial charge in [-0.2, -0.15) is 0 Å². The second kappa shape index (κ2) is 4.12. The number of carbonyl (C=O) groups excluding carboxylic acids is 1. The van der Waals surface area contributed by atoms with E-state index in [1.807, 2.05) is 0 Å². The number of anilines is 1. The highest BCUT2D eigenvalue weighted by Gasteiger charge is 2.27. The molecule has 0 bridgehead atoms. The largest absolute Gasteiger partial charge is 0.465 e. The maximum absolute atomic E-state index is 13.6. The molecule has 0 unspecified atom stereocenters. The SMILES string of the molecule is COC(=O)c1c(F)ccc(N)c1CC1CC1. The van der Waals surface area contributed by atoms with Crippen LogP contribution in [0.3, 0.4) is 0 Å². The lowest BCUT2D eigenvalue weighted by Crippen LogP contribution is -2.11. The Labute approximate surface area is 93.4 Å². The molecule has 2 rings (SSSR count). The molecule has 1 aromatic carbocycles. The van der Waals surface area contributed by atoms with Gasteiger partial charge in [0.15, 0.2) is 0 Å². The smallest absolute Gasteiger partial charge is 0.341 e. The van der Waals surface area contributed by atoms with Gasteiger partial charge >= 0.3 is 5.97 Å². The summed E-state index contributed by atoms with van der Waals surface area (Å²) in [6.45, 7) is 0. The van der Waals surface area contributed by atoms with Gasteiger partial charge in [-0.3, -0.25) is 0 Å². The predicted molar refractivity (Wildman–Crippen MR) is 58.6 cm³/mol. The van der Waals surface area contributed by atoms with Gasteiger partial charge in [-0.05, 0) is 42.9 Å². The summed E-state index contributed by atoms with van der Waals surface area (Å²) in [6.07, 6.45) is 2.90. The quantitative estimate of drug-likeness (QED) is 0.631. The molecule has 86 valence electrons. The fraction of sp³-hybridized carbons (Fsp3) is 0.417. The molecule has 0 heterocycles. The number of carbonyl (C=O) groups is 1. The highest BCUT2D eigenvalue weighted by atomic mass is 19.1. The lowest BCUT2D eigenvalue weighted by molar-refractivity contribution is 0.0594. The Bertz CT molecular complexity index is 427. The summed E-state index contributed by atoms with van der Waals surface area (Å²) in [5.41, 5.74) is 6.84. The van der Waals surface area contributed by atoms with Gasteiger partial charge in [-0.1, -0.05) is 0 Å². The third kappa shape index (κ3) is 2.01. The molecule has 3 nitrogen and oxygen atoms in total. The highest BCUT2D eigenvalue weighted by Crippen LogP contribution is 2.36. The van der Waals surface area contributed by atoms with E-state index >= 15 is 0 Å². The van der Waals surface area contributed by atoms with Crippen LogP contribution in [0.25, 0.3) is 0 Å². The summed E-state index contributed by atoms with van der Waals surface area (Å²) in [5, 5.41) is 0. The lowest BCUT2D eigenvalue weighted by Gasteiger charge is -2.11. The molecule has 1 aliphatic rings. The summed E-state index contributed by atoms with van der Waals surface area (Å²) in [7, 11) is 1.24. The summed E-state index contributed by atoms with van der Waals surface area (Å²) in [4.78, 5) is 11.5. The van der Waals surface area contributed by atoms with E-state index in [1.54, 1.807) is 0 Å². The van der Waals surface area contributed by atoms with Crippen LogP contribution in [0, 0.1) is 11.7 Å². The summed E-state index contributed by atoms with van der Waals surface area (Å²) < 4.78 is 18.2. The molecule has 4 heteroatoms. The van der Waals surface area contributed by atoms with Gasteiger partial charge in [-0.25, -0.2) is 9.18 Å². The fourth-order valence-electron chi connectivity index (χ4n) is 1.79. The number of hydrogen-bond donors (Lipinski definition) is 1. The molecule has 0 aromatic heterocycles. The van der Waals surface area contributed by atoms with Crippen molar-refractivity contribution in [1.29, 1.82) is 0 Å². The maximum Gasteiger partial charge on any atom is 0.341 e. The first-order valence-electron chi connectivity index (χ1n) is 5.28. The third-order valence-corrected chi connectivity index (χ3v) is 2.88. The van der Waals surface area contributed by atoms with E-state index in [-0.39, 0.29) is 5.56 Å². The fourth-order valence-corrected chi connectivity index (χ4v) is 1.79. The molecule has 1 fully saturated rings. The van der Waals surface area contributed by atoms with Crippen LogP contribution in [0.15, 0.2) is 12.1 Å². The molecule has 0 radical (unpaired) electrons. The van der Waals surface area contributed by atoms with Crippen LogP contribution < -0.4 is 5.73 Å². The molecule has 16 heavy (non-hydrogen) atoms.